The van der Waals surface area contributed by atoms with Gasteiger partial charge in [-0.15, -0.1) is 0 Å². The summed E-state index contributed by atoms with van der Waals surface area (Å²) in [5.74, 6) is -1.31. The van der Waals surface area contributed by atoms with Crippen LogP contribution in [0.4, 0.5) is 0 Å². The predicted octanol–water partition coefficient (Wildman–Crippen LogP) is -2.06. The van der Waals surface area contributed by atoms with Crippen LogP contribution in [0, 0.1) is 56.7 Å². The first-order valence-electron chi connectivity index (χ1n) is 24.6. The van der Waals surface area contributed by atoms with E-state index in [2.05, 4.69) is 40.7 Å². The van der Waals surface area contributed by atoms with Crippen LogP contribution in [0.3, 0.4) is 0 Å². The number of allylic oxidation sites excluding steroid dienone is 2. The molecular formula is C48H78O20. The molecule has 0 amide bonds. The average Bonchev–Trinajstić information content (AvgIpc) is 3.29. The van der Waals surface area contributed by atoms with Gasteiger partial charge in [-0.1, -0.05) is 53.2 Å². The molecule has 0 radical (unpaired) electrons. The smallest absolute Gasteiger partial charge is 0.315 e. The van der Waals surface area contributed by atoms with Crippen LogP contribution in [-0.2, 0) is 33.2 Å². The average molecular weight is 975 g/mol. The molecule has 20 heteroatoms. The Morgan fingerprint density at radius 1 is 0.706 bits per heavy atom. The quantitative estimate of drug-likeness (QED) is 0.0873. The van der Waals surface area contributed by atoms with Gasteiger partial charge in [-0.05, 0) is 91.8 Å². The number of hydrogen-bond donors (Lipinski definition) is 13. The van der Waals surface area contributed by atoms with E-state index in [-0.39, 0.29) is 30.1 Å². The molecule has 7 fully saturated rings. The van der Waals surface area contributed by atoms with Crippen molar-refractivity contribution in [2.75, 3.05) is 19.8 Å². The lowest BCUT2D eigenvalue weighted by atomic mass is 9.32. The van der Waals surface area contributed by atoms with Crippen molar-refractivity contribution in [1.29, 1.82) is 0 Å². The summed E-state index contributed by atoms with van der Waals surface area (Å²) in [6.45, 7) is 12.1. The fraction of sp³-hybridized carbons (Fsp3) is 0.938. The summed E-state index contributed by atoms with van der Waals surface area (Å²) in [7, 11) is 0. The van der Waals surface area contributed by atoms with E-state index in [1.165, 1.54) is 6.92 Å². The van der Waals surface area contributed by atoms with Crippen molar-refractivity contribution in [3.05, 3.63) is 11.6 Å². The topological polar surface area (TPSA) is 335 Å². The molecule has 0 bridgehead atoms. The Morgan fingerprint density at radius 2 is 1.34 bits per heavy atom. The fourth-order valence-electron chi connectivity index (χ4n) is 15.4. The van der Waals surface area contributed by atoms with Crippen LogP contribution in [0.2, 0.25) is 0 Å². The van der Waals surface area contributed by atoms with Crippen LogP contribution >= 0.6 is 0 Å². The number of ether oxygens (including phenoxy) is 6. The Balaban J connectivity index is 0.994. The van der Waals surface area contributed by atoms with Gasteiger partial charge >= 0.3 is 5.97 Å². The van der Waals surface area contributed by atoms with Gasteiger partial charge in [0.05, 0.1) is 49.7 Å². The van der Waals surface area contributed by atoms with Gasteiger partial charge in [0.25, 0.3) is 0 Å². The van der Waals surface area contributed by atoms with Crippen molar-refractivity contribution in [2.45, 2.75) is 204 Å². The molecule has 0 aromatic heterocycles. The van der Waals surface area contributed by atoms with Crippen molar-refractivity contribution < 1.29 is 99.6 Å². The van der Waals surface area contributed by atoms with E-state index in [4.69, 9.17) is 28.4 Å². The summed E-state index contributed by atoms with van der Waals surface area (Å²) in [6, 6.07) is 0. The summed E-state index contributed by atoms with van der Waals surface area (Å²) in [5.41, 5.74) is -2.84. The van der Waals surface area contributed by atoms with Gasteiger partial charge in [-0.3, -0.25) is 4.79 Å². The summed E-state index contributed by atoms with van der Waals surface area (Å²) in [4.78, 5) is 15.0. The second-order valence-corrected chi connectivity index (χ2v) is 23.1. The molecule has 8 rings (SSSR count). The van der Waals surface area contributed by atoms with E-state index in [0.717, 1.165) is 5.57 Å². The van der Waals surface area contributed by atoms with E-state index >= 15 is 4.79 Å². The van der Waals surface area contributed by atoms with E-state index in [1.807, 2.05) is 0 Å². The summed E-state index contributed by atoms with van der Waals surface area (Å²) in [5, 5.41) is 142. The molecule has 3 saturated heterocycles. The molecular weight excluding hydrogens is 897 g/mol. The van der Waals surface area contributed by atoms with Crippen LogP contribution in [0.1, 0.15) is 93.4 Å². The Labute approximate surface area is 396 Å². The Morgan fingerprint density at radius 3 is 2.00 bits per heavy atom. The molecule has 0 aromatic rings. The minimum atomic E-state index is -1.89. The number of fused-ring (bicyclic) bond motifs is 7. The maximum atomic E-state index is 15.0. The zero-order valence-electron chi connectivity index (χ0n) is 40.1. The molecule has 68 heavy (non-hydrogen) atoms. The number of carbonyl (C=O) groups is 1. The predicted molar refractivity (Wildman–Crippen MR) is 233 cm³/mol. The molecule has 8 aliphatic rings. The van der Waals surface area contributed by atoms with Crippen molar-refractivity contribution in [2.24, 2.45) is 56.7 Å². The monoisotopic (exact) mass is 975 g/mol. The number of aliphatic hydroxyl groups excluding tert-OH is 13. The van der Waals surface area contributed by atoms with Gasteiger partial charge in [0.15, 0.2) is 12.6 Å². The first-order valence-corrected chi connectivity index (χ1v) is 24.6. The number of aliphatic hydroxyl groups is 13. The highest BCUT2D eigenvalue weighted by Gasteiger charge is 2.73. The highest BCUT2D eigenvalue weighted by Crippen LogP contribution is 2.76. The van der Waals surface area contributed by atoms with E-state index in [9.17, 15) is 66.4 Å². The van der Waals surface area contributed by atoms with E-state index in [1.54, 1.807) is 6.92 Å². The molecule has 13 N–H and O–H groups in total. The fourth-order valence-corrected chi connectivity index (χ4v) is 15.4. The second-order valence-electron chi connectivity index (χ2n) is 23.1. The van der Waals surface area contributed by atoms with Crippen LogP contribution in [0.25, 0.3) is 0 Å². The third-order valence-electron chi connectivity index (χ3n) is 19.6. The number of rotatable bonds is 9. The van der Waals surface area contributed by atoms with Gasteiger partial charge in [0.2, 0.25) is 6.29 Å². The number of hydrogen-bond acceptors (Lipinski definition) is 20. The minimum Gasteiger partial charge on any atom is -0.432 e. The highest BCUT2D eigenvalue weighted by atomic mass is 16.8. The third kappa shape index (κ3) is 7.89. The van der Waals surface area contributed by atoms with Crippen LogP contribution in [0.5, 0.6) is 0 Å². The lowest BCUT2D eigenvalue weighted by Gasteiger charge is -2.72. The molecule has 4 saturated carbocycles. The maximum Gasteiger partial charge on any atom is 0.315 e. The van der Waals surface area contributed by atoms with E-state index < -0.39 is 169 Å². The molecule has 3 heterocycles. The molecule has 0 spiro atoms. The van der Waals surface area contributed by atoms with Gasteiger partial charge in [0.1, 0.15) is 67.1 Å². The Bertz CT molecular complexity index is 1860. The molecule has 3 aliphatic heterocycles. The summed E-state index contributed by atoms with van der Waals surface area (Å²) in [6.07, 6.45) is -22.3. The second kappa shape index (κ2) is 18.8. The normalized spacial score (nSPS) is 57.1. The van der Waals surface area contributed by atoms with Crippen molar-refractivity contribution in [3.8, 4) is 0 Å². The number of carbonyl (C=O) groups excluding carboxylic acids is 1. The zero-order chi connectivity index (χ0) is 50.0. The van der Waals surface area contributed by atoms with E-state index in [0.29, 0.717) is 38.5 Å². The Hall–Kier alpha value is -1.51. The molecule has 28 atom stereocenters. The van der Waals surface area contributed by atoms with Crippen molar-refractivity contribution in [3.63, 3.8) is 0 Å². The van der Waals surface area contributed by atoms with Gasteiger partial charge < -0.3 is 94.8 Å². The molecule has 0 unspecified atom stereocenters. The summed E-state index contributed by atoms with van der Waals surface area (Å²) < 4.78 is 34.6. The van der Waals surface area contributed by atoms with Gasteiger partial charge in [-0.25, -0.2) is 0 Å². The first-order chi connectivity index (χ1) is 31.8. The highest BCUT2D eigenvalue weighted by molar-refractivity contribution is 5.79. The minimum absolute atomic E-state index is 0.0115. The van der Waals surface area contributed by atoms with Crippen LogP contribution in [0.15, 0.2) is 11.6 Å². The number of esters is 1. The largest absolute Gasteiger partial charge is 0.432 e. The summed E-state index contributed by atoms with van der Waals surface area (Å²) >= 11 is 0. The SMILES string of the molecule is C[C@H]1[C@H](C)CC[C@]2(C(=O)O[C@@H]3O[C@H](CO[C@@H]4O[C@H](CO)[C@@H](O[C@@H]5O[C@@H](C)[C@H](O)[C@@H](O)[C@H]5O)[C@H](O)[C@H]4O)[C@@H](O)[C@H](O)[C@H]3O)CC[C@]3(C)C(=CC[C@@H]4[C@@]5(C)C[C@@H](O)[C@H](O)[C@@](C)(CO)[C@@H]5[C@H](O)C[C@]43C)[C@H]12. The maximum absolute atomic E-state index is 15.0. The van der Waals surface area contributed by atoms with Crippen molar-refractivity contribution in [1.82, 2.24) is 0 Å². The lowest BCUT2D eigenvalue weighted by Crippen LogP contribution is -2.71. The van der Waals surface area contributed by atoms with Crippen molar-refractivity contribution >= 4 is 5.97 Å². The molecule has 0 aromatic carbocycles. The lowest BCUT2D eigenvalue weighted by molar-refractivity contribution is -0.361. The van der Waals surface area contributed by atoms with Gasteiger partial charge in [-0.2, -0.15) is 0 Å². The standard InChI is InChI=1S/C48H78O20/c1-19-10-11-48(13-12-46(6)22(28(48)20(19)2)8-9-27-44(4)14-24(52)39(61)45(5,18-50)38(44)23(51)15-47(27,46)7)43(62)68-42-35(59)32(56)30(54)26(66-42)17-63-40-36(60)33(57)37(25(16-49)65-40)67-41-34(58)31(55)29(53)21(3)64-41/h8,19-21,23-42,49-61H,9-18H2,1-7H3/t19-,20+,21+,23-,24-,25-,26-,27-,28+,29+,30-,31-,32+,33-,34-,35-,36-,37-,38-,39+,40-,41+,42+,44-,45+,46-,47-,48+/m1/s1. The van der Waals surface area contributed by atoms with Crippen LogP contribution in [-0.4, -0.2) is 203 Å². The molecule has 390 valence electrons. The third-order valence-corrected chi connectivity index (χ3v) is 19.6. The van der Waals surface area contributed by atoms with Crippen LogP contribution < -0.4 is 0 Å². The Kier molecular flexibility index (Phi) is 14.6. The van der Waals surface area contributed by atoms with Gasteiger partial charge in [0, 0.05) is 11.3 Å². The zero-order valence-corrected chi connectivity index (χ0v) is 40.1. The molecule has 20 nitrogen and oxygen atoms in total. The molecule has 5 aliphatic carbocycles. The first kappa shape index (κ1) is 52.8.